The third kappa shape index (κ3) is 1.95. The molecule has 0 atom stereocenters. The van der Waals surface area contributed by atoms with Gasteiger partial charge < -0.3 is 10.1 Å². The van der Waals surface area contributed by atoms with E-state index in [1.807, 2.05) is 0 Å². The van der Waals surface area contributed by atoms with Crippen molar-refractivity contribution in [2.75, 3.05) is 6.61 Å². The lowest BCUT2D eigenvalue weighted by molar-refractivity contribution is -0.0791. The van der Waals surface area contributed by atoms with Crippen molar-refractivity contribution in [3.05, 3.63) is 5.69 Å². The third-order valence-electron chi connectivity index (χ3n) is 2.87. The maximum Gasteiger partial charge on any atom is 0.300 e. The minimum atomic E-state index is -2.99. The van der Waals surface area contributed by atoms with Gasteiger partial charge in [0.1, 0.15) is 20.1 Å². The van der Waals surface area contributed by atoms with Gasteiger partial charge >= 0.3 is 5.92 Å². The van der Waals surface area contributed by atoms with Gasteiger partial charge in [-0.05, 0) is 18.3 Å². The second-order valence-electron chi connectivity index (χ2n) is 4.62. The molecule has 94 valence electrons. The first kappa shape index (κ1) is 11.5. The molecular formula is C10H10BF2N3O2. The number of amides is 1. The van der Waals surface area contributed by atoms with Crippen molar-refractivity contribution in [1.82, 2.24) is 15.1 Å². The highest BCUT2D eigenvalue weighted by molar-refractivity contribution is 6.37. The zero-order valence-corrected chi connectivity index (χ0v) is 9.45. The van der Waals surface area contributed by atoms with Crippen molar-refractivity contribution in [1.29, 1.82) is 0 Å². The number of carbonyl (C=O) groups is 1. The van der Waals surface area contributed by atoms with E-state index in [-0.39, 0.29) is 23.1 Å². The van der Waals surface area contributed by atoms with E-state index in [1.165, 1.54) is 0 Å². The van der Waals surface area contributed by atoms with Crippen molar-refractivity contribution in [2.45, 2.75) is 31.4 Å². The SMILES string of the molecule is [B]c1c(C(=O)NC2CC2)nn2c1OCC(F)(F)C2. The summed E-state index contributed by atoms with van der Waals surface area (Å²) in [6, 6.07) is 0.151. The number of alkyl halides is 2. The zero-order valence-electron chi connectivity index (χ0n) is 9.45. The van der Waals surface area contributed by atoms with Gasteiger partial charge in [-0.1, -0.05) is 0 Å². The fourth-order valence-electron chi connectivity index (χ4n) is 1.81. The molecule has 2 heterocycles. The molecule has 2 radical (unpaired) electrons. The molecule has 8 heteroatoms. The van der Waals surface area contributed by atoms with Crippen LogP contribution in [0.25, 0.3) is 0 Å². The quantitative estimate of drug-likeness (QED) is 0.729. The average Bonchev–Trinajstić information content (AvgIpc) is 3.02. The van der Waals surface area contributed by atoms with E-state index in [0.29, 0.717) is 0 Å². The van der Waals surface area contributed by atoms with Crippen LogP contribution < -0.4 is 15.5 Å². The molecule has 0 spiro atoms. The first-order valence-electron chi connectivity index (χ1n) is 5.64. The predicted molar refractivity (Wildman–Crippen MR) is 58.5 cm³/mol. The Hall–Kier alpha value is -1.60. The number of fused-ring (bicyclic) bond motifs is 1. The Bertz CT molecular complexity index is 513. The molecule has 0 saturated heterocycles. The van der Waals surface area contributed by atoms with E-state index < -0.39 is 25.0 Å². The Kier molecular flexibility index (Phi) is 2.36. The van der Waals surface area contributed by atoms with Crippen molar-refractivity contribution in [2.24, 2.45) is 0 Å². The van der Waals surface area contributed by atoms with Crippen molar-refractivity contribution in [3.63, 3.8) is 0 Å². The Morgan fingerprint density at radius 3 is 2.94 bits per heavy atom. The maximum absolute atomic E-state index is 13.1. The molecule has 1 aromatic heterocycles. The van der Waals surface area contributed by atoms with Gasteiger partial charge in [0.05, 0.1) is 0 Å². The average molecular weight is 253 g/mol. The normalized spacial score (nSPS) is 21.0. The number of hydrogen-bond donors (Lipinski definition) is 1. The molecule has 1 aliphatic carbocycles. The summed E-state index contributed by atoms with van der Waals surface area (Å²) in [5, 5.41) is 6.50. The van der Waals surface area contributed by atoms with Gasteiger partial charge in [0, 0.05) is 6.04 Å². The van der Waals surface area contributed by atoms with Gasteiger partial charge in [0.25, 0.3) is 5.91 Å². The fourth-order valence-corrected chi connectivity index (χ4v) is 1.81. The van der Waals surface area contributed by atoms with Crippen LogP contribution in [0.1, 0.15) is 23.3 Å². The van der Waals surface area contributed by atoms with E-state index in [0.717, 1.165) is 17.5 Å². The highest BCUT2D eigenvalue weighted by Gasteiger charge is 2.38. The first-order chi connectivity index (χ1) is 8.46. The monoisotopic (exact) mass is 253 g/mol. The Labute approximate surface area is 103 Å². The van der Waals surface area contributed by atoms with Crippen molar-refractivity contribution in [3.8, 4) is 5.88 Å². The van der Waals surface area contributed by atoms with E-state index in [4.69, 9.17) is 12.6 Å². The largest absolute Gasteiger partial charge is 0.472 e. The van der Waals surface area contributed by atoms with Crippen LogP contribution in [0, 0.1) is 0 Å². The fraction of sp³-hybridized carbons (Fsp3) is 0.600. The molecule has 5 nitrogen and oxygen atoms in total. The number of nitrogens with zero attached hydrogens (tertiary/aromatic N) is 2. The summed E-state index contributed by atoms with van der Waals surface area (Å²) < 4.78 is 32.0. The molecule has 0 bridgehead atoms. The van der Waals surface area contributed by atoms with E-state index in [9.17, 15) is 13.6 Å². The zero-order chi connectivity index (χ0) is 12.9. The lowest BCUT2D eigenvalue weighted by Crippen LogP contribution is -2.37. The van der Waals surface area contributed by atoms with Crippen LogP contribution in [-0.4, -0.2) is 42.1 Å². The van der Waals surface area contributed by atoms with Gasteiger partial charge in [-0.2, -0.15) is 5.10 Å². The highest BCUT2D eigenvalue weighted by Crippen LogP contribution is 2.26. The Morgan fingerprint density at radius 2 is 2.28 bits per heavy atom. The van der Waals surface area contributed by atoms with Crippen molar-refractivity contribution < 1.29 is 18.3 Å². The topological polar surface area (TPSA) is 56.2 Å². The predicted octanol–water partition coefficient (Wildman–Crippen LogP) is -0.403. The van der Waals surface area contributed by atoms with Gasteiger partial charge in [-0.3, -0.25) is 4.79 Å². The summed E-state index contributed by atoms with van der Waals surface area (Å²) in [7, 11) is 5.70. The van der Waals surface area contributed by atoms with Gasteiger partial charge in [-0.15, -0.1) is 0 Å². The molecule has 2 aliphatic rings. The number of nitrogens with one attached hydrogen (secondary N) is 1. The van der Waals surface area contributed by atoms with Crippen LogP contribution >= 0.6 is 0 Å². The van der Waals surface area contributed by atoms with Crippen LogP contribution in [-0.2, 0) is 6.54 Å². The standard InChI is InChI=1S/C10H10BF2N3O2/c11-6-7(8(17)14-5-1-2-5)15-16-3-10(12,13)4-18-9(6)16/h5H,1-4H2,(H,14,17). The second-order valence-corrected chi connectivity index (χ2v) is 4.62. The van der Waals surface area contributed by atoms with Crippen LogP contribution in [0.4, 0.5) is 8.78 Å². The molecule has 1 amide bonds. The summed E-state index contributed by atoms with van der Waals surface area (Å²) in [4.78, 5) is 11.8. The Morgan fingerprint density at radius 1 is 1.56 bits per heavy atom. The number of rotatable bonds is 2. The van der Waals surface area contributed by atoms with Gasteiger partial charge in [0.2, 0.25) is 5.88 Å². The molecule has 1 fully saturated rings. The van der Waals surface area contributed by atoms with E-state index >= 15 is 0 Å². The smallest absolute Gasteiger partial charge is 0.300 e. The van der Waals surface area contributed by atoms with Crippen LogP contribution in [0.15, 0.2) is 0 Å². The van der Waals surface area contributed by atoms with Crippen molar-refractivity contribution >= 4 is 19.2 Å². The number of aromatic nitrogens is 2. The summed E-state index contributed by atoms with van der Waals surface area (Å²) in [5.41, 5.74) is -0.0294. The lowest BCUT2D eigenvalue weighted by Gasteiger charge is -2.23. The highest BCUT2D eigenvalue weighted by atomic mass is 19.3. The lowest BCUT2D eigenvalue weighted by atomic mass is 9.95. The number of carbonyl (C=O) groups excluding carboxylic acids is 1. The third-order valence-corrected chi connectivity index (χ3v) is 2.87. The molecule has 1 saturated carbocycles. The summed E-state index contributed by atoms with van der Waals surface area (Å²) in [6.45, 7) is -1.37. The van der Waals surface area contributed by atoms with Gasteiger partial charge in [-0.25, -0.2) is 13.5 Å². The van der Waals surface area contributed by atoms with Gasteiger partial charge in [0.15, 0.2) is 6.61 Å². The van der Waals surface area contributed by atoms with Crippen LogP contribution in [0.2, 0.25) is 0 Å². The molecule has 0 aromatic carbocycles. The summed E-state index contributed by atoms with van der Waals surface area (Å²) >= 11 is 0. The minimum absolute atomic E-state index is 0.0173. The molecule has 1 aliphatic heterocycles. The molecule has 0 unspecified atom stereocenters. The van der Waals surface area contributed by atoms with E-state index in [2.05, 4.69) is 10.4 Å². The Balaban J connectivity index is 1.88. The number of ether oxygens (including phenoxy) is 1. The summed E-state index contributed by atoms with van der Waals surface area (Å²) in [6.07, 6.45) is 1.85. The molecule has 1 N–H and O–H groups in total. The maximum atomic E-state index is 13.1. The molecule has 3 rings (SSSR count). The van der Waals surface area contributed by atoms with E-state index in [1.54, 1.807) is 0 Å². The number of hydrogen-bond acceptors (Lipinski definition) is 3. The number of halogens is 2. The summed E-state index contributed by atoms with van der Waals surface area (Å²) in [5.74, 6) is -3.39. The molecule has 1 aromatic rings. The molecular weight excluding hydrogens is 243 g/mol. The second kappa shape index (κ2) is 3.70. The minimum Gasteiger partial charge on any atom is -0.472 e. The molecule has 18 heavy (non-hydrogen) atoms. The van der Waals surface area contributed by atoms with Crippen LogP contribution in [0.5, 0.6) is 5.88 Å². The first-order valence-corrected chi connectivity index (χ1v) is 5.64. The van der Waals surface area contributed by atoms with Crippen LogP contribution in [0.3, 0.4) is 0 Å².